The summed E-state index contributed by atoms with van der Waals surface area (Å²) < 4.78 is 11.0. The molecule has 192 valence electrons. The molecule has 0 spiro atoms. The van der Waals surface area contributed by atoms with E-state index in [-0.39, 0.29) is 29.2 Å². The SMILES string of the molecule is CCOc1cc(C=C2C(=O)NC(=O)N(C(C)C34CC5CC(CC(C5)C3)C4)C2=O)ccc1OC(=O)CC. The monoisotopic (exact) mass is 494 g/mol. The van der Waals surface area contributed by atoms with Crippen molar-refractivity contribution in [1.82, 2.24) is 10.2 Å². The topological polar surface area (TPSA) is 102 Å². The highest BCUT2D eigenvalue weighted by Gasteiger charge is 2.56. The fourth-order valence-electron chi connectivity index (χ4n) is 7.31. The van der Waals surface area contributed by atoms with Crippen molar-refractivity contribution < 1.29 is 28.7 Å². The van der Waals surface area contributed by atoms with Crippen LogP contribution in [0.15, 0.2) is 23.8 Å². The maximum absolute atomic E-state index is 13.6. The number of nitrogens with one attached hydrogen (secondary N) is 1. The molecule has 5 aliphatic rings. The van der Waals surface area contributed by atoms with Gasteiger partial charge in [0.05, 0.1) is 6.61 Å². The first-order valence-corrected chi connectivity index (χ1v) is 13.1. The summed E-state index contributed by atoms with van der Waals surface area (Å²) in [7, 11) is 0. The summed E-state index contributed by atoms with van der Waals surface area (Å²) in [6.45, 7) is 5.83. The van der Waals surface area contributed by atoms with Gasteiger partial charge in [0.2, 0.25) is 0 Å². The van der Waals surface area contributed by atoms with Crippen LogP contribution in [0.5, 0.6) is 11.5 Å². The van der Waals surface area contributed by atoms with Gasteiger partial charge in [-0.1, -0.05) is 13.0 Å². The third-order valence-corrected chi connectivity index (χ3v) is 8.58. The normalized spacial score (nSPS) is 31.0. The average molecular weight is 495 g/mol. The number of hydrogen-bond donors (Lipinski definition) is 1. The Morgan fingerprint density at radius 1 is 1.08 bits per heavy atom. The van der Waals surface area contributed by atoms with Crippen molar-refractivity contribution in [3.8, 4) is 11.5 Å². The van der Waals surface area contributed by atoms with E-state index in [9.17, 15) is 19.2 Å². The number of imide groups is 2. The van der Waals surface area contributed by atoms with Gasteiger partial charge < -0.3 is 9.47 Å². The number of barbiturate groups is 1. The fraction of sp³-hybridized carbons (Fsp3) is 0.571. The largest absolute Gasteiger partial charge is 0.490 e. The Labute approximate surface area is 211 Å². The number of ether oxygens (including phenoxy) is 2. The summed E-state index contributed by atoms with van der Waals surface area (Å²) in [5, 5.41) is 2.39. The van der Waals surface area contributed by atoms with Crippen LogP contribution in [0.3, 0.4) is 0 Å². The molecule has 1 unspecified atom stereocenters. The Balaban J connectivity index is 1.43. The Kier molecular flexibility index (Phi) is 6.39. The zero-order valence-corrected chi connectivity index (χ0v) is 21.2. The molecular formula is C28H34N2O6. The number of carbonyl (C=O) groups excluding carboxylic acids is 4. The van der Waals surface area contributed by atoms with Crippen molar-refractivity contribution >= 4 is 29.9 Å². The van der Waals surface area contributed by atoms with E-state index >= 15 is 0 Å². The van der Waals surface area contributed by atoms with Crippen molar-refractivity contribution in [3.63, 3.8) is 0 Å². The number of carbonyl (C=O) groups is 4. The minimum absolute atomic E-state index is 0.0693. The quantitative estimate of drug-likeness (QED) is 0.260. The standard InChI is InChI=1S/C28H34N2O6/c1-4-24(31)36-22-7-6-17(12-23(22)35-5-2)11-21-25(32)29-27(34)30(26(21)33)16(3)28-13-18-8-19(14-28)10-20(9-18)15-28/h6-7,11-12,16,18-20H,4-5,8-10,13-15H2,1-3H3,(H,29,32,34). The molecule has 8 heteroatoms. The lowest BCUT2D eigenvalue weighted by atomic mass is 9.47. The summed E-state index contributed by atoms with van der Waals surface area (Å²) in [6.07, 6.45) is 8.61. The first-order chi connectivity index (χ1) is 17.2. The van der Waals surface area contributed by atoms with Crippen LogP contribution in [-0.2, 0) is 14.4 Å². The fourth-order valence-corrected chi connectivity index (χ4v) is 7.31. The van der Waals surface area contributed by atoms with Crippen LogP contribution in [0.25, 0.3) is 6.08 Å². The van der Waals surface area contributed by atoms with Crippen LogP contribution in [0, 0.1) is 23.2 Å². The van der Waals surface area contributed by atoms with E-state index in [0.717, 1.165) is 19.3 Å². The zero-order valence-electron chi connectivity index (χ0n) is 21.2. The number of benzene rings is 1. The van der Waals surface area contributed by atoms with Crippen molar-refractivity contribution in [2.75, 3.05) is 6.61 Å². The molecular weight excluding hydrogens is 460 g/mol. The third-order valence-electron chi connectivity index (χ3n) is 8.58. The van der Waals surface area contributed by atoms with Crippen molar-refractivity contribution in [2.24, 2.45) is 23.2 Å². The Bertz CT molecular complexity index is 1100. The van der Waals surface area contributed by atoms with Gasteiger partial charge in [-0.2, -0.15) is 0 Å². The number of rotatable bonds is 7. The van der Waals surface area contributed by atoms with Gasteiger partial charge in [-0.3, -0.25) is 24.6 Å². The van der Waals surface area contributed by atoms with E-state index in [4.69, 9.17) is 9.47 Å². The number of amides is 4. The molecule has 5 fully saturated rings. The molecule has 8 nitrogen and oxygen atoms in total. The number of urea groups is 1. The number of esters is 1. The smallest absolute Gasteiger partial charge is 0.331 e. The molecule has 1 atom stereocenters. The summed E-state index contributed by atoms with van der Waals surface area (Å²) in [5.74, 6) is 0.980. The lowest BCUT2D eigenvalue weighted by molar-refractivity contribution is -0.139. The Hall–Kier alpha value is -3.16. The molecule has 0 radical (unpaired) electrons. The molecule has 1 aromatic carbocycles. The summed E-state index contributed by atoms with van der Waals surface area (Å²) in [4.78, 5) is 52.4. The lowest BCUT2D eigenvalue weighted by Gasteiger charge is -2.60. The predicted octanol–water partition coefficient (Wildman–Crippen LogP) is 4.47. The molecule has 6 rings (SSSR count). The summed E-state index contributed by atoms with van der Waals surface area (Å²) >= 11 is 0. The van der Waals surface area contributed by atoms with Crippen LogP contribution in [0.4, 0.5) is 4.79 Å². The van der Waals surface area contributed by atoms with Crippen LogP contribution in [0.1, 0.15) is 71.3 Å². The van der Waals surface area contributed by atoms with E-state index in [1.54, 1.807) is 25.1 Å². The minimum Gasteiger partial charge on any atom is -0.490 e. The van der Waals surface area contributed by atoms with Crippen LogP contribution >= 0.6 is 0 Å². The van der Waals surface area contributed by atoms with Gasteiger partial charge in [0, 0.05) is 12.5 Å². The molecule has 1 aliphatic heterocycles. The van der Waals surface area contributed by atoms with Gasteiger partial charge in [-0.15, -0.1) is 0 Å². The molecule has 4 bridgehead atoms. The van der Waals surface area contributed by atoms with Crippen molar-refractivity contribution in [2.45, 2.75) is 71.8 Å². The van der Waals surface area contributed by atoms with E-state index in [0.29, 0.717) is 35.7 Å². The first kappa shape index (κ1) is 24.5. The van der Waals surface area contributed by atoms with Gasteiger partial charge in [0.15, 0.2) is 11.5 Å². The molecule has 4 aliphatic carbocycles. The van der Waals surface area contributed by atoms with Crippen LogP contribution < -0.4 is 14.8 Å². The van der Waals surface area contributed by atoms with Gasteiger partial charge in [0.1, 0.15) is 5.57 Å². The summed E-state index contributed by atoms with van der Waals surface area (Å²) in [5.41, 5.74) is 0.372. The molecule has 1 heterocycles. The number of nitrogens with zero attached hydrogens (tertiary/aromatic N) is 1. The van der Waals surface area contributed by atoms with E-state index < -0.39 is 23.8 Å². The Morgan fingerprint density at radius 3 is 2.31 bits per heavy atom. The van der Waals surface area contributed by atoms with Crippen molar-refractivity contribution in [1.29, 1.82) is 0 Å². The average Bonchev–Trinajstić information content (AvgIpc) is 2.82. The van der Waals surface area contributed by atoms with Crippen LogP contribution in [0.2, 0.25) is 0 Å². The van der Waals surface area contributed by atoms with E-state index in [2.05, 4.69) is 5.32 Å². The van der Waals surface area contributed by atoms with Gasteiger partial charge in [0.25, 0.3) is 11.8 Å². The number of hydrogen-bond acceptors (Lipinski definition) is 6. The molecule has 1 saturated heterocycles. The molecule has 4 saturated carbocycles. The third kappa shape index (κ3) is 4.31. The molecule has 0 aromatic heterocycles. The highest BCUT2D eigenvalue weighted by molar-refractivity contribution is 6.31. The van der Waals surface area contributed by atoms with Crippen LogP contribution in [-0.4, -0.2) is 41.4 Å². The summed E-state index contributed by atoms with van der Waals surface area (Å²) in [6, 6.07) is 3.93. The second kappa shape index (κ2) is 9.37. The van der Waals surface area contributed by atoms with E-state index in [1.165, 1.54) is 30.2 Å². The van der Waals surface area contributed by atoms with Gasteiger partial charge in [-0.25, -0.2) is 4.79 Å². The first-order valence-electron chi connectivity index (χ1n) is 13.1. The zero-order chi connectivity index (χ0) is 25.6. The molecule has 1 N–H and O–H groups in total. The minimum atomic E-state index is -0.710. The predicted molar refractivity (Wildman–Crippen MR) is 132 cm³/mol. The molecule has 4 amide bonds. The second-order valence-electron chi connectivity index (χ2n) is 10.9. The maximum atomic E-state index is 13.6. The van der Waals surface area contributed by atoms with E-state index in [1.807, 2.05) is 13.8 Å². The maximum Gasteiger partial charge on any atom is 0.331 e. The second-order valence-corrected chi connectivity index (χ2v) is 10.9. The molecule has 1 aromatic rings. The van der Waals surface area contributed by atoms with Gasteiger partial charge >= 0.3 is 12.0 Å². The lowest BCUT2D eigenvalue weighted by Crippen LogP contribution is -2.63. The highest BCUT2D eigenvalue weighted by atomic mass is 16.6. The molecule has 36 heavy (non-hydrogen) atoms. The van der Waals surface area contributed by atoms with Gasteiger partial charge in [-0.05, 0) is 99.3 Å². The highest BCUT2D eigenvalue weighted by Crippen LogP contribution is 2.62. The van der Waals surface area contributed by atoms with Crippen molar-refractivity contribution in [3.05, 3.63) is 29.3 Å². The Morgan fingerprint density at radius 2 is 1.72 bits per heavy atom.